The van der Waals surface area contributed by atoms with Gasteiger partial charge in [-0.05, 0) is 50.5 Å². The number of ether oxygens (including phenoxy) is 1. The van der Waals surface area contributed by atoms with E-state index >= 15 is 0 Å². The van der Waals surface area contributed by atoms with Crippen molar-refractivity contribution in [3.63, 3.8) is 0 Å². The molecule has 13 heteroatoms. The van der Waals surface area contributed by atoms with Gasteiger partial charge in [-0.1, -0.05) is 41.9 Å². The molecule has 0 aliphatic carbocycles. The molecule has 0 bridgehead atoms. The van der Waals surface area contributed by atoms with Crippen LogP contribution < -0.4 is 4.74 Å². The zero-order valence-electron chi connectivity index (χ0n) is 21.2. The molecule has 0 radical (unpaired) electrons. The number of carboxylic acids is 1. The van der Waals surface area contributed by atoms with E-state index in [9.17, 15) is 21.6 Å². The first-order chi connectivity index (χ1) is 18.2. The van der Waals surface area contributed by atoms with Gasteiger partial charge in [0.1, 0.15) is 22.6 Å². The minimum absolute atomic E-state index is 0.0443. The maximum Gasteiger partial charge on any atom is 0.490 e. The summed E-state index contributed by atoms with van der Waals surface area (Å²) in [5, 5.41) is 9.77. The van der Waals surface area contributed by atoms with E-state index in [-0.39, 0.29) is 22.3 Å². The molecule has 0 atom stereocenters. The molecule has 1 aliphatic heterocycles. The standard InChI is InChI=1S/C24H27ClN2O3S2.C2HF3O2/c1-24(2,18-6-4-3-5-7-18)27-13-10-19(11-14-27)30-22-9-8-20(16-21(22)25)32(28,29)17-23-26-12-15-31-23;3-2(4,5)1(6)7/h3-9,12,15-16,19H,10-11,13-14,17H2,1-2H3;(H,6,7). The fraction of sp³-hybridized carbons (Fsp3) is 0.385. The van der Waals surface area contributed by atoms with Crippen LogP contribution in [-0.4, -0.2) is 54.7 Å². The van der Waals surface area contributed by atoms with Gasteiger partial charge in [0.2, 0.25) is 0 Å². The summed E-state index contributed by atoms with van der Waals surface area (Å²) in [6, 6.07) is 15.3. The van der Waals surface area contributed by atoms with E-state index in [1.165, 1.54) is 23.0 Å². The lowest BCUT2D eigenvalue weighted by Gasteiger charge is -2.43. The molecule has 1 N–H and O–H groups in total. The summed E-state index contributed by atoms with van der Waals surface area (Å²) in [6.07, 6.45) is -1.66. The maximum absolute atomic E-state index is 12.7. The van der Waals surface area contributed by atoms with E-state index in [0.29, 0.717) is 15.8 Å². The molecular formula is C26H28ClF3N2O5S2. The molecular weight excluding hydrogens is 577 g/mol. The second kappa shape index (κ2) is 12.7. The zero-order chi connectivity index (χ0) is 28.8. The average molecular weight is 605 g/mol. The number of carbonyl (C=O) groups is 1. The highest BCUT2D eigenvalue weighted by Crippen LogP contribution is 2.34. The maximum atomic E-state index is 12.7. The van der Waals surface area contributed by atoms with Gasteiger partial charge in [-0.3, -0.25) is 4.90 Å². The van der Waals surface area contributed by atoms with Gasteiger partial charge < -0.3 is 9.84 Å². The van der Waals surface area contributed by atoms with Crippen molar-refractivity contribution in [2.75, 3.05) is 13.1 Å². The van der Waals surface area contributed by atoms with Gasteiger partial charge in [0.05, 0.1) is 9.92 Å². The Hall–Kier alpha value is -2.67. The number of benzene rings is 2. The second-order valence-electron chi connectivity index (χ2n) is 9.31. The zero-order valence-corrected chi connectivity index (χ0v) is 23.6. The number of likely N-dealkylation sites (tertiary alicyclic amines) is 1. The lowest BCUT2D eigenvalue weighted by Crippen LogP contribution is -2.48. The third kappa shape index (κ3) is 8.41. The summed E-state index contributed by atoms with van der Waals surface area (Å²) in [4.78, 5) is 15.6. The quantitative estimate of drug-likeness (QED) is 0.344. The van der Waals surface area contributed by atoms with E-state index in [1.54, 1.807) is 23.7 Å². The van der Waals surface area contributed by atoms with E-state index in [4.69, 9.17) is 26.2 Å². The van der Waals surface area contributed by atoms with Gasteiger partial charge in [0.25, 0.3) is 0 Å². The van der Waals surface area contributed by atoms with Crippen LogP contribution in [0.15, 0.2) is 65.0 Å². The molecule has 3 aromatic rings. The highest BCUT2D eigenvalue weighted by molar-refractivity contribution is 7.90. The Morgan fingerprint density at radius 3 is 2.28 bits per heavy atom. The molecule has 1 saturated heterocycles. The van der Waals surface area contributed by atoms with Crippen molar-refractivity contribution >= 4 is 38.7 Å². The number of aromatic nitrogens is 1. The Morgan fingerprint density at radius 2 is 1.77 bits per heavy atom. The predicted octanol–water partition coefficient (Wildman–Crippen LogP) is 6.18. The summed E-state index contributed by atoms with van der Waals surface area (Å²) in [7, 11) is -3.50. The Kier molecular flexibility index (Phi) is 10.0. The topological polar surface area (TPSA) is 96.8 Å². The molecule has 0 unspecified atom stereocenters. The first kappa shape index (κ1) is 30.9. The van der Waals surface area contributed by atoms with Gasteiger partial charge in [-0.2, -0.15) is 13.2 Å². The first-order valence-corrected chi connectivity index (χ1v) is 14.8. The van der Waals surface area contributed by atoms with Crippen molar-refractivity contribution < 1.29 is 36.2 Å². The fourth-order valence-corrected chi connectivity index (χ4v) is 6.65. The molecule has 0 spiro atoms. The van der Waals surface area contributed by atoms with E-state index in [1.807, 2.05) is 6.07 Å². The highest BCUT2D eigenvalue weighted by atomic mass is 35.5. The molecule has 2 heterocycles. The van der Waals surface area contributed by atoms with Crippen molar-refractivity contribution in [3.05, 3.63) is 75.7 Å². The Bertz CT molecular complexity index is 1340. The third-order valence-electron chi connectivity index (χ3n) is 6.31. The van der Waals surface area contributed by atoms with Crippen molar-refractivity contribution in [2.24, 2.45) is 0 Å². The molecule has 212 valence electrons. The Labute approximate surface area is 234 Å². The molecule has 2 aromatic carbocycles. The second-order valence-corrected chi connectivity index (χ2v) is 12.7. The Balaban J connectivity index is 0.000000532. The van der Waals surface area contributed by atoms with Gasteiger partial charge in [0.15, 0.2) is 9.84 Å². The molecule has 4 rings (SSSR count). The first-order valence-electron chi connectivity index (χ1n) is 11.9. The Morgan fingerprint density at radius 1 is 1.15 bits per heavy atom. The van der Waals surface area contributed by atoms with Crippen molar-refractivity contribution in [1.29, 1.82) is 0 Å². The van der Waals surface area contributed by atoms with Crippen LogP contribution in [-0.2, 0) is 25.9 Å². The normalized spacial score (nSPS) is 15.3. The van der Waals surface area contributed by atoms with Gasteiger partial charge in [-0.15, -0.1) is 11.3 Å². The van der Waals surface area contributed by atoms with Gasteiger partial charge >= 0.3 is 12.1 Å². The number of thiazole rings is 1. The number of hydrogen-bond acceptors (Lipinski definition) is 7. The van der Waals surface area contributed by atoms with Crippen LogP contribution in [0, 0.1) is 0 Å². The van der Waals surface area contributed by atoms with Crippen LogP contribution in [0.25, 0.3) is 0 Å². The molecule has 39 heavy (non-hydrogen) atoms. The summed E-state index contributed by atoms with van der Waals surface area (Å²) in [6.45, 7) is 6.35. The molecule has 1 aliphatic rings. The van der Waals surface area contributed by atoms with Crippen molar-refractivity contribution in [3.8, 4) is 5.75 Å². The monoisotopic (exact) mass is 604 g/mol. The van der Waals surface area contributed by atoms with E-state index in [0.717, 1.165) is 25.9 Å². The highest BCUT2D eigenvalue weighted by Gasteiger charge is 2.38. The number of aliphatic carboxylic acids is 1. The number of nitrogens with zero attached hydrogens (tertiary/aromatic N) is 2. The minimum atomic E-state index is -5.08. The number of alkyl halides is 3. The molecule has 0 saturated carbocycles. The van der Waals surface area contributed by atoms with E-state index in [2.05, 4.69) is 48.0 Å². The lowest BCUT2D eigenvalue weighted by atomic mass is 9.90. The van der Waals surface area contributed by atoms with Crippen LogP contribution in [0.5, 0.6) is 5.75 Å². The van der Waals surface area contributed by atoms with Crippen LogP contribution in [0.2, 0.25) is 5.02 Å². The number of halogens is 4. The average Bonchev–Trinajstić information content (AvgIpc) is 3.38. The van der Waals surface area contributed by atoms with Crippen LogP contribution in [0.3, 0.4) is 0 Å². The molecule has 1 fully saturated rings. The fourth-order valence-electron chi connectivity index (χ4n) is 4.08. The number of carboxylic acid groups (broad SMARTS) is 1. The van der Waals surface area contributed by atoms with Gasteiger partial charge in [0, 0.05) is 30.2 Å². The molecule has 7 nitrogen and oxygen atoms in total. The van der Waals surface area contributed by atoms with Crippen LogP contribution in [0.1, 0.15) is 37.3 Å². The number of sulfone groups is 1. The minimum Gasteiger partial charge on any atom is -0.489 e. The number of hydrogen-bond donors (Lipinski definition) is 1. The molecule has 1 aromatic heterocycles. The molecule has 0 amide bonds. The number of rotatable bonds is 7. The lowest BCUT2D eigenvalue weighted by molar-refractivity contribution is -0.192. The van der Waals surface area contributed by atoms with Crippen LogP contribution in [0.4, 0.5) is 13.2 Å². The SMILES string of the molecule is CC(C)(c1ccccc1)N1CCC(Oc2ccc(S(=O)(=O)Cc3nccs3)cc2Cl)CC1.O=C(O)C(F)(F)F. The summed E-state index contributed by atoms with van der Waals surface area (Å²) in [5.41, 5.74) is 1.26. The predicted molar refractivity (Wildman–Crippen MR) is 143 cm³/mol. The van der Waals surface area contributed by atoms with E-state index < -0.39 is 22.0 Å². The third-order valence-corrected chi connectivity index (χ3v) is 9.19. The van der Waals surface area contributed by atoms with Crippen LogP contribution >= 0.6 is 22.9 Å². The van der Waals surface area contributed by atoms with Gasteiger partial charge in [-0.25, -0.2) is 18.2 Å². The van der Waals surface area contributed by atoms with Crippen molar-refractivity contribution in [1.82, 2.24) is 9.88 Å². The van der Waals surface area contributed by atoms with Crippen molar-refractivity contribution in [2.45, 2.75) is 55.2 Å². The summed E-state index contributed by atoms with van der Waals surface area (Å²) >= 11 is 7.73. The number of piperidine rings is 1. The summed E-state index contributed by atoms with van der Waals surface area (Å²) in [5.74, 6) is -2.36. The summed E-state index contributed by atoms with van der Waals surface area (Å²) < 4.78 is 63.2. The smallest absolute Gasteiger partial charge is 0.489 e. The largest absolute Gasteiger partial charge is 0.490 e.